The number of halogens is 1. The number of aryl methyl sites for hydroxylation is 1. The van der Waals surface area contributed by atoms with E-state index in [-0.39, 0.29) is 23.7 Å². The molecule has 31 heavy (non-hydrogen) atoms. The number of carbonyl (C=O) groups excluding carboxylic acids is 2. The predicted molar refractivity (Wildman–Crippen MR) is 124 cm³/mol. The molecule has 0 saturated carbocycles. The van der Waals surface area contributed by atoms with E-state index >= 15 is 0 Å². The smallest absolute Gasteiger partial charge is 0.270 e. The summed E-state index contributed by atoms with van der Waals surface area (Å²) in [5, 5.41) is 4.66. The first-order valence-corrected chi connectivity index (χ1v) is 11.2. The molecule has 0 unspecified atom stereocenters. The number of rotatable bonds is 5. The topological polar surface area (TPSA) is 65.2 Å². The van der Waals surface area contributed by atoms with Crippen molar-refractivity contribution in [3.63, 3.8) is 0 Å². The Morgan fingerprint density at radius 2 is 1.94 bits per heavy atom. The monoisotopic (exact) mass is 437 g/mol. The van der Waals surface area contributed by atoms with Crippen molar-refractivity contribution in [3.8, 4) is 0 Å². The number of nitrogens with one attached hydrogen (secondary N) is 2. The van der Waals surface area contributed by atoms with Crippen LogP contribution in [-0.2, 0) is 11.3 Å². The minimum atomic E-state index is -0.0720. The first-order chi connectivity index (χ1) is 14.9. The van der Waals surface area contributed by atoms with Gasteiger partial charge in [-0.1, -0.05) is 48.4 Å². The molecule has 4 rings (SSSR count). The quantitative estimate of drug-likeness (QED) is 0.594. The van der Waals surface area contributed by atoms with Gasteiger partial charge in [-0.05, 0) is 55.5 Å². The Hall–Kier alpha value is -2.79. The normalized spacial score (nSPS) is 15.8. The second kappa shape index (κ2) is 9.15. The molecule has 1 fully saturated rings. The Morgan fingerprint density at radius 3 is 2.68 bits per heavy atom. The standard InChI is InChI=1S/C25H28ClN3O2/c1-16-4-3-5-18(12-16)15-27-24(30)17(2)19-8-10-29(11-9-19)25(31)23-14-20-13-21(26)6-7-22(20)28-23/h3-7,12-14,17,19,28H,8-11,15H2,1-2H3,(H,27,30)/t17-/m0/s1. The van der Waals surface area contributed by atoms with Crippen molar-refractivity contribution in [2.75, 3.05) is 13.1 Å². The van der Waals surface area contributed by atoms with Crippen LogP contribution in [0.25, 0.3) is 10.9 Å². The van der Waals surface area contributed by atoms with Crippen molar-refractivity contribution in [1.29, 1.82) is 0 Å². The number of amides is 2. The van der Waals surface area contributed by atoms with Crippen molar-refractivity contribution in [1.82, 2.24) is 15.2 Å². The molecule has 3 aromatic rings. The summed E-state index contributed by atoms with van der Waals surface area (Å²) >= 11 is 6.05. The summed E-state index contributed by atoms with van der Waals surface area (Å²) in [5.41, 5.74) is 3.79. The fraction of sp³-hybridized carbons (Fsp3) is 0.360. The van der Waals surface area contributed by atoms with E-state index in [4.69, 9.17) is 11.6 Å². The van der Waals surface area contributed by atoms with Gasteiger partial charge in [-0.3, -0.25) is 9.59 Å². The van der Waals surface area contributed by atoms with E-state index in [1.165, 1.54) is 5.56 Å². The van der Waals surface area contributed by atoms with E-state index in [9.17, 15) is 9.59 Å². The molecule has 0 bridgehead atoms. The third-order valence-corrected chi connectivity index (χ3v) is 6.55. The molecule has 2 heterocycles. The van der Waals surface area contributed by atoms with Crippen LogP contribution in [0.4, 0.5) is 0 Å². The summed E-state index contributed by atoms with van der Waals surface area (Å²) in [5.74, 6) is 0.293. The molecule has 5 nitrogen and oxygen atoms in total. The van der Waals surface area contributed by atoms with Crippen molar-refractivity contribution < 1.29 is 9.59 Å². The maximum Gasteiger partial charge on any atom is 0.270 e. The molecule has 1 aromatic heterocycles. The molecular formula is C25H28ClN3O2. The first-order valence-electron chi connectivity index (χ1n) is 10.8. The van der Waals surface area contributed by atoms with Gasteiger partial charge in [-0.2, -0.15) is 0 Å². The van der Waals surface area contributed by atoms with Crippen LogP contribution in [-0.4, -0.2) is 34.8 Å². The summed E-state index contributed by atoms with van der Waals surface area (Å²) < 4.78 is 0. The van der Waals surface area contributed by atoms with Gasteiger partial charge < -0.3 is 15.2 Å². The fourth-order valence-corrected chi connectivity index (χ4v) is 4.56. The number of likely N-dealkylation sites (tertiary alicyclic amines) is 1. The lowest BCUT2D eigenvalue weighted by Gasteiger charge is -2.34. The number of hydrogen-bond acceptors (Lipinski definition) is 2. The molecule has 2 N–H and O–H groups in total. The van der Waals surface area contributed by atoms with E-state index in [1.54, 1.807) is 0 Å². The van der Waals surface area contributed by atoms with Crippen LogP contribution in [0.2, 0.25) is 5.02 Å². The average Bonchev–Trinajstić information content (AvgIpc) is 3.20. The highest BCUT2D eigenvalue weighted by molar-refractivity contribution is 6.31. The number of benzene rings is 2. The maximum absolute atomic E-state index is 12.9. The molecule has 2 amide bonds. The fourth-order valence-electron chi connectivity index (χ4n) is 4.38. The second-order valence-electron chi connectivity index (χ2n) is 8.54. The van der Waals surface area contributed by atoms with Crippen LogP contribution in [0.1, 0.15) is 41.4 Å². The number of fused-ring (bicyclic) bond motifs is 1. The summed E-state index contributed by atoms with van der Waals surface area (Å²) in [4.78, 5) is 30.7. The molecule has 1 aliphatic rings. The van der Waals surface area contributed by atoms with Gasteiger partial charge in [0.25, 0.3) is 5.91 Å². The zero-order chi connectivity index (χ0) is 22.0. The third-order valence-electron chi connectivity index (χ3n) is 6.31. The molecule has 0 aliphatic carbocycles. The summed E-state index contributed by atoms with van der Waals surface area (Å²) in [6.45, 7) is 5.92. The van der Waals surface area contributed by atoms with Gasteiger partial charge >= 0.3 is 0 Å². The molecule has 1 atom stereocenters. The van der Waals surface area contributed by atoms with E-state index in [1.807, 2.05) is 61.2 Å². The largest absolute Gasteiger partial charge is 0.352 e. The Kier molecular flexibility index (Phi) is 6.33. The Morgan fingerprint density at radius 1 is 1.16 bits per heavy atom. The number of piperidine rings is 1. The highest BCUT2D eigenvalue weighted by Crippen LogP contribution is 2.27. The number of H-pyrrole nitrogens is 1. The van der Waals surface area contributed by atoms with Crippen molar-refractivity contribution in [2.45, 2.75) is 33.2 Å². The molecule has 0 radical (unpaired) electrons. The molecule has 1 aliphatic heterocycles. The summed E-state index contributed by atoms with van der Waals surface area (Å²) in [7, 11) is 0. The highest BCUT2D eigenvalue weighted by atomic mass is 35.5. The highest BCUT2D eigenvalue weighted by Gasteiger charge is 2.30. The molecule has 162 valence electrons. The van der Waals surface area contributed by atoms with E-state index in [0.29, 0.717) is 30.4 Å². The molecule has 6 heteroatoms. The predicted octanol–water partition coefficient (Wildman–Crippen LogP) is 4.93. The SMILES string of the molecule is Cc1cccc(CNC(=O)[C@@H](C)C2CCN(C(=O)c3cc4cc(Cl)ccc4[nH]3)CC2)c1. The van der Waals surface area contributed by atoms with Gasteiger partial charge in [0.05, 0.1) is 0 Å². The van der Waals surface area contributed by atoms with Crippen LogP contribution in [0.3, 0.4) is 0 Å². The van der Waals surface area contributed by atoms with Crippen LogP contribution >= 0.6 is 11.6 Å². The number of nitrogens with zero attached hydrogens (tertiary/aromatic N) is 1. The lowest BCUT2D eigenvalue weighted by molar-refractivity contribution is -0.126. The first kappa shape index (κ1) is 21.4. The zero-order valence-electron chi connectivity index (χ0n) is 18.0. The second-order valence-corrected chi connectivity index (χ2v) is 8.98. The number of hydrogen-bond donors (Lipinski definition) is 2. The van der Waals surface area contributed by atoms with Gasteiger partial charge in [-0.15, -0.1) is 0 Å². The molecule has 1 saturated heterocycles. The lowest BCUT2D eigenvalue weighted by atomic mass is 9.84. The number of aromatic amines is 1. The maximum atomic E-state index is 12.9. The van der Waals surface area contributed by atoms with Gasteiger partial charge in [0.15, 0.2) is 0 Å². The van der Waals surface area contributed by atoms with Crippen molar-refractivity contribution in [3.05, 3.63) is 70.4 Å². The Bertz CT molecular complexity index is 1100. The van der Waals surface area contributed by atoms with Crippen LogP contribution < -0.4 is 5.32 Å². The van der Waals surface area contributed by atoms with E-state index in [0.717, 1.165) is 29.3 Å². The van der Waals surface area contributed by atoms with Crippen molar-refractivity contribution in [2.24, 2.45) is 11.8 Å². The van der Waals surface area contributed by atoms with Gasteiger partial charge in [0, 0.05) is 41.5 Å². The summed E-state index contributed by atoms with van der Waals surface area (Å²) in [6.07, 6.45) is 1.66. The van der Waals surface area contributed by atoms with Crippen LogP contribution in [0.5, 0.6) is 0 Å². The Labute approximate surface area is 187 Å². The van der Waals surface area contributed by atoms with Gasteiger partial charge in [0.1, 0.15) is 5.69 Å². The van der Waals surface area contributed by atoms with Gasteiger partial charge in [-0.25, -0.2) is 0 Å². The third kappa shape index (κ3) is 4.93. The minimum absolute atomic E-state index is 0.00215. The number of carbonyl (C=O) groups is 2. The summed E-state index contributed by atoms with van der Waals surface area (Å²) in [6, 6.07) is 15.6. The van der Waals surface area contributed by atoms with Gasteiger partial charge in [0.2, 0.25) is 5.91 Å². The van der Waals surface area contributed by atoms with Crippen LogP contribution in [0.15, 0.2) is 48.5 Å². The molecule has 2 aromatic carbocycles. The zero-order valence-corrected chi connectivity index (χ0v) is 18.7. The minimum Gasteiger partial charge on any atom is -0.352 e. The van der Waals surface area contributed by atoms with E-state index < -0.39 is 0 Å². The van der Waals surface area contributed by atoms with Crippen molar-refractivity contribution >= 4 is 34.3 Å². The average molecular weight is 438 g/mol. The van der Waals surface area contributed by atoms with E-state index in [2.05, 4.69) is 16.4 Å². The van der Waals surface area contributed by atoms with Crippen LogP contribution in [0, 0.1) is 18.8 Å². The number of aromatic nitrogens is 1. The molecular weight excluding hydrogens is 410 g/mol. The molecule has 0 spiro atoms. The lowest BCUT2D eigenvalue weighted by Crippen LogP contribution is -2.42. The Balaban J connectivity index is 1.30.